The minimum atomic E-state index is -3.90. The Hall–Kier alpha value is -2.12. The van der Waals surface area contributed by atoms with E-state index in [-0.39, 0.29) is 16.8 Å². The fourth-order valence-corrected chi connectivity index (χ4v) is 4.50. The van der Waals surface area contributed by atoms with Gasteiger partial charge in [0.1, 0.15) is 6.10 Å². The first-order valence-corrected chi connectivity index (χ1v) is 12.4. The summed E-state index contributed by atoms with van der Waals surface area (Å²) in [7, 11) is -3.90. The van der Waals surface area contributed by atoms with Crippen LogP contribution in [0.25, 0.3) is 0 Å². The lowest BCUT2D eigenvalue weighted by atomic mass is 9.98. The van der Waals surface area contributed by atoms with Crippen molar-refractivity contribution in [3.63, 3.8) is 0 Å². The second-order valence-electron chi connectivity index (χ2n) is 7.03. The number of amidine groups is 1. The topological polar surface area (TPSA) is 68.1 Å². The average molecular weight is 431 g/mol. The first-order valence-electron chi connectivity index (χ1n) is 9.74. The van der Waals surface area contributed by atoms with Crippen LogP contribution in [-0.2, 0) is 14.8 Å². The maximum atomic E-state index is 12.9. The molecule has 0 atom stereocenters. The van der Waals surface area contributed by atoms with Gasteiger partial charge in [0.25, 0.3) is 15.3 Å². The number of hydrogen-bond acceptors (Lipinski definition) is 4. The molecule has 0 saturated heterocycles. The Morgan fingerprint density at radius 2 is 1.66 bits per heavy atom. The summed E-state index contributed by atoms with van der Waals surface area (Å²) < 4.78 is 35.9. The molecule has 1 saturated carbocycles. The van der Waals surface area contributed by atoms with E-state index < -0.39 is 10.0 Å². The van der Waals surface area contributed by atoms with Gasteiger partial charge in [-0.05, 0) is 51.0 Å². The number of hydrogen-bond donors (Lipinski definition) is 0. The highest BCUT2D eigenvalue weighted by Crippen LogP contribution is 2.23. The van der Waals surface area contributed by atoms with E-state index in [0.717, 1.165) is 31.2 Å². The molecule has 0 spiro atoms. The molecule has 0 bridgehead atoms. The summed E-state index contributed by atoms with van der Waals surface area (Å²) in [4.78, 5) is 4.66. The molecule has 0 radical (unpaired) electrons. The molecule has 3 rings (SSSR count). The summed E-state index contributed by atoms with van der Waals surface area (Å²) in [6.45, 7) is 1.91. The van der Waals surface area contributed by atoms with E-state index in [1.807, 2.05) is 31.4 Å². The highest BCUT2D eigenvalue weighted by molar-refractivity contribution is 8.13. The molecule has 0 aromatic heterocycles. The van der Waals surface area contributed by atoms with Gasteiger partial charge >= 0.3 is 0 Å². The minimum Gasteiger partial charge on any atom is -0.469 e. The monoisotopic (exact) mass is 430 g/mol. The highest BCUT2D eigenvalue weighted by atomic mass is 32.2. The maximum Gasteiger partial charge on any atom is 0.284 e. The molecule has 0 aliphatic heterocycles. The maximum absolute atomic E-state index is 12.9. The molecule has 5 nitrogen and oxygen atoms in total. The molecular formula is C22H26N2O3S2. The predicted molar refractivity (Wildman–Crippen MR) is 120 cm³/mol. The van der Waals surface area contributed by atoms with Gasteiger partial charge in [-0.3, -0.25) is 0 Å². The Balaban J connectivity index is 1.97. The lowest BCUT2D eigenvalue weighted by Crippen LogP contribution is -2.20. The fourth-order valence-electron chi connectivity index (χ4n) is 3.13. The van der Waals surface area contributed by atoms with Gasteiger partial charge in [-0.25, -0.2) is 0 Å². The second kappa shape index (κ2) is 10.1. The van der Waals surface area contributed by atoms with Crippen LogP contribution in [0.15, 0.2) is 68.9 Å². The Morgan fingerprint density at radius 1 is 1.00 bits per heavy atom. The van der Waals surface area contributed by atoms with Crippen LogP contribution in [0.3, 0.4) is 0 Å². The molecule has 154 valence electrons. The zero-order chi connectivity index (χ0) is 20.7. The van der Waals surface area contributed by atoms with Crippen molar-refractivity contribution >= 4 is 32.9 Å². The SMILES string of the molecule is CSC(=N/C(=N\S(=O)(=O)c1ccc(C)cc1)c1ccccc1)OC1CCCCC1. The van der Waals surface area contributed by atoms with E-state index in [2.05, 4.69) is 9.39 Å². The van der Waals surface area contributed by atoms with Crippen molar-refractivity contribution in [2.24, 2.45) is 9.39 Å². The third-order valence-electron chi connectivity index (χ3n) is 4.75. The Morgan fingerprint density at radius 3 is 2.28 bits per heavy atom. The Kier molecular flexibility index (Phi) is 7.50. The summed E-state index contributed by atoms with van der Waals surface area (Å²) in [6.07, 6.45) is 7.52. The third kappa shape index (κ3) is 6.18. The first kappa shape index (κ1) is 21.6. The van der Waals surface area contributed by atoms with Crippen LogP contribution in [-0.4, -0.2) is 31.8 Å². The number of rotatable bonds is 4. The highest BCUT2D eigenvalue weighted by Gasteiger charge is 2.19. The van der Waals surface area contributed by atoms with Crippen LogP contribution >= 0.6 is 11.8 Å². The zero-order valence-corrected chi connectivity index (χ0v) is 18.4. The van der Waals surface area contributed by atoms with Crippen LogP contribution in [0, 0.1) is 6.92 Å². The Labute approximate surface area is 177 Å². The standard InChI is InChI=1S/C22H26N2O3S2/c1-17-13-15-20(16-14-17)29(25,26)24-21(18-9-5-3-6-10-18)23-22(28-2)27-19-11-7-4-8-12-19/h3,5-6,9-10,13-16,19H,4,7-8,11-12H2,1-2H3/b23-22?,24-21-. The summed E-state index contributed by atoms with van der Waals surface area (Å²) in [5.41, 5.74) is 1.61. The smallest absolute Gasteiger partial charge is 0.284 e. The molecule has 2 aromatic carbocycles. The van der Waals surface area contributed by atoms with Crippen molar-refractivity contribution in [2.45, 2.75) is 50.0 Å². The van der Waals surface area contributed by atoms with Gasteiger partial charge in [-0.15, -0.1) is 4.40 Å². The van der Waals surface area contributed by atoms with Gasteiger partial charge in [0.2, 0.25) is 0 Å². The Bertz CT molecular complexity index is 963. The molecule has 0 heterocycles. The van der Waals surface area contributed by atoms with Crippen LogP contribution in [0.5, 0.6) is 0 Å². The van der Waals surface area contributed by atoms with E-state index in [1.54, 1.807) is 36.4 Å². The van der Waals surface area contributed by atoms with Gasteiger partial charge in [0.15, 0.2) is 5.84 Å². The summed E-state index contributed by atoms with van der Waals surface area (Å²) in [6, 6.07) is 15.8. The number of ether oxygens (including phenoxy) is 1. The molecule has 1 aliphatic carbocycles. The van der Waals surface area contributed by atoms with Gasteiger partial charge in [-0.2, -0.15) is 13.4 Å². The first-order chi connectivity index (χ1) is 14.0. The molecule has 1 fully saturated rings. The number of benzene rings is 2. The van der Waals surface area contributed by atoms with Gasteiger partial charge in [0, 0.05) is 5.56 Å². The van der Waals surface area contributed by atoms with Gasteiger partial charge < -0.3 is 4.74 Å². The fraction of sp³-hybridized carbons (Fsp3) is 0.364. The minimum absolute atomic E-state index is 0.126. The molecule has 0 N–H and O–H groups in total. The average Bonchev–Trinajstić information content (AvgIpc) is 2.74. The van der Waals surface area contributed by atoms with Crippen molar-refractivity contribution in [2.75, 3.05) is 6.26 Å². The van der Waals surface area contributed by atoms with Crippen molar-refractivity contribution in [1.82, 2.24) is 0 Å². The quantitative estimate of drug-likeness (QED) is 0.494. The molecule has 1 aliphatic rings. The van der Waals surface area contributed by atoms with Crippen molar-refractivity contribution in [3.8, 4) is 0 Å². The molecular weight excluding hydrogens is 404 g/mol. The summed E-state index contributed by atoms with van der Waals surface area (Å²) in [5.74, 6) is 0.131. The zero-order valence-electron chi connectivity index (χ0n) is 16.7. The van der Waals surface area contributed by atoms with Crippen molar-refractivity contribution in [3.05, 3.63) is 65.7 Å². The summed E-state index contributed by atoms with van der Waals surface area (Å²) in [5, 5.41) is 0.443. The van der Waals surface area contributed by atoms with E-state index in [0.29, 0.717) is 10.8 Å². The number of aliphatic imine (C=N–C) groups is 1. The number of thioether (sulfide) groups is 1. The van der Waals surface area contributed by atoms with E-state index >= 15 is 0 Å². The number of sulfonamides is 1. The van der Waals surface area contributed by atoms with Crippen LogP contribution in [0.2, 0.25) is 0 Å². The van der Waals surface area contributed by atoms with Gasteiger partial charge in [-0.1, -0.05) is 66.2 Å². The van der Waals surface area contributed by atoms with Crippen LogP contribution in [0.4, 0.5) is 0 Å². The van der Waals surface area contributed by atoms with E-state index in [9.17, 15) is 8.42 Å². The molecule has 0 unspecified atom stereocenters. The van der Waals surface area contributed by atoms with Gasteiger partial charge in [0.05, 0.1) is 4.90 Å². The lowest BCUT2D eigenvalue weighted by Gasteiger charge is -2.23. The molecule has 2 aromatic rings. The van der Waals surface area contributed by atoms with E-state index in [1.165, 1.54) is 18.2 Å². The summed E-state index contributed by atoms with van der Waals surface area (Å²) >= 11 is 1.36. The second-order valence-corrected chi connectivity index (χ2v) is 9.39. The molecule has 7 heteroatoms. The van der Waals surface area contributed by atoms with Crippen LogP contribution in [0.1, 0.15) is 43.2 Å². The van der Waals surface area contributed by atoms with Crippen molar-refractivity contribution in [1.29, 1.82) is 0 Å². The third-order valence-corrected chi connectivity index (χ3v) is 6.57. The largest absolute Gasteiger partial charge is 0.469 e. The normalized spacial score (nSPS) is 16.6. The number of aryl methyl sites for hydroxylation is 1. The number of nitrogens with zero attached hydrogens (tertiary/aromatic N) is 2. The lowest BCUT2D eigenvalue weighted by molar-refractivity contribution is 0.149. The van der Waals surface area contributed by atoms with Crippen LogP contribution < -0.4 is 0 Å². The molecule has 29 heavy (non-hydrogen) atoms. The predicted octanol–water partition coefficient (Wildman–Crippen LogP) is 5.20. The van der Waals surface area contributed by atoms with E-state index in [4.69, 9.17) is 4.74 Å². The molecule has 0 amide bonds. The van der Waals surface area contributed by atoms with Crippen molar-refractivity contribution < 1.29 is 13.2 Å².